The molecule has 4 aromatic rings. The summed E-state index contributed by atoms with van der Waals surface area (Å²) in [4.78, 5) is 23.5. The summed E-state index contributed by atoms with van der Waals surface area (Å²) in [5.74, 6) is 6.23. The number of carbonyl (C=O) groups excluding carboxylic acids is 1. The molecule has 0 spiro atoms. The van der Waals surface area contributed by atoms with Crippen LogP contribution in [0.4, 0.5) is 5.88 Å². The molecule has 2 N–H and O–H groups in total. The molecule has 2 heterocycles. The van der Waals surface area contributed by atoms with Crippen LogP contribution in [0.1, 0.15) is 21.9 Å². The van der Waals surface area contributed by atoms with E-state index in [9.17, 15) is 14.9 Å². The highest BCUT2D eigenvalue weighted by Gasteiger charge is 2.21. The molecule has 0 amide bonds. The van der Waals surface area contributed by atoms with E-state index in [-0.39, 0.29) is 28.2 Å². The van der Waals surface area contributed by atoms with Gasteiger partial charge in [0.2, 0.25) is 5.16 Å². The normalized spacial score (nSPS) is 11.4. The average Bonchev–Trinajstić information content (AvgIpc) is 3.46. The summed E-state index contributed by atoms with van der Waals surface area (Å²) in [6, 6.07) is 15.6. The van der Waals surface area contributed by atoms with Crippen LogP contribution in [-0.2, 0) is 6.61 Å². The number of nitrogen functional groups attached to an aromatic ring is 1. The molecule has 13 heteroatoms. The SMILES string of the molecule is Nn1c(COc2ccc(Cl)cc2)nnc1S/C(=C/C(=O)c1ccc(Cl)cc1)c1ccc([N+](=O)[O-])o1. The Labute approximate surface area is 212 Å². The van der Waals surface area contributed by atoms with Crippen molar-refractivity contribution in [2.45, 2.75) is 11.8 Å². The lowest BCUT2D eigenvalue weighted by Crippen LogP contribution is -2.15. The highest BCUT2D eigenvalue weighted by molar-refractivity contribution is 8.08. The Hall–Kier alpha value is -3.80. The molecule has 0 radical (unpaired) electrons. The highest BCUT2D eigenvalue weighted by Crippen LogP contribution is 2.36. The number of carbonyl (C=O) groups is 1. The summed E-state index contributed by atoms with van der Waals surface area (Å²) in [6.07, 6.45) is 1.27. The third-order valence-electron chi connectivity index (χ3n) is 4.52. The molecule has 2 aromatic carbocycles. The topological polar surface area (TPSA) is 139 Å². The molecule has 0 saturated carbocycles. The number of ether oxygens (including phenoxy) is 1. The maximum absolute atomic E-state index is 12.8. The zero-order valence-electron chi connectivity index (χ0n) is 17.6. The molecule has 0 atom stereocenters. The van der Waals surface area contributed by atoms with Gasteiger partial charge < -0.3 is 15.0 Å². The van der Waals surface area contributed by atoms with Crippen molar-refractivity contribution in [2.24, 2.45) is 0 Å². The quantitative estimate of drug-likeness (QED) is 0.0750. The van der Waals surface area contributed by atoms with E-state index in [1.165, 1.54) is 22.9 Å². The van der Waals surface area contributed by atoms with E-state index >= 15 is 0 Å². The fraction of sp³-hybridized carbons (Fsp3) is 0.0455. The van der Waals surface area contributed by atoms with Crippen molar-refractivity contribution in [1.29, 1.82) is 0 Å². The van der Waals surface area contributed by atoms with Crippen LogP contribution in [0, 0.1) is 10.1 Å². The number of nitro groups is 1. The smallest absolute Gasteiger partial charge is 0.433 e. The summed E-state index contributed by atoms with van der Waals surface area (Å²) in [5, 5.41) is 20.4. The first-order valence-electron chi connectivity index (χ1n) is 9.82. The van der Waals surface area contributed by atoms with Gasteiger partial charge in [0.05, 0.1) is 11.0 Å². The number of halogens is 2. The first-order chi connectivity index (χ1) is 16.8. The lowest BCUT2D eigenvalue weighted by Gasteiger charge is -2.07. The van der Waals surface area contributed by atoms with Crippen molar-refractivity contribution in [3.8, 4) is 5.75 Å². The van der Waals surface area contributed by atoms with Gasteiger partial charge in [-0.1, -0.05) is 23.2 Å². The van der Waals surface area contributed by atoms with Gasteiger partial charge in [-0.15, -0.1) is 10.2 Å². The lowest BCUT2D eigenvalue weighted by molar-refractivity contribution is -0.402. The fourth-order valence-corrected chi connectivity index (χ4v) is 3.89. The van der Waals surface area contributed by atoms with Crippen LogP contribution >= 0.6 is 35.0 Å². The fourth-order valence-electron chi connectivity index (χ4n) is 2.78. The average molecular weight is 532 g/mol. The predicted molar refractivity (Wildman–Crippen MR) is 131 cm³/mol. The lowest BCUT2D eigenvalue weighted by atomic mass is 10.1. The molecule has 0 bridgehead atoms. The summed E-state index contributed by atoms with van der Waals surface area (Å²) in [6.45, 7) is 0.0146. The first-order valence-corrected chi connectivity index (χ1v) is 11.4. The van der Waals surface area contributed by atoms with Gasteiger partial charge in [-0.05, 0) is 66.4 Å². The van der Waals surface area contributed by atoms with Crippen LogP contribution in [-0.4, -0.2) is 25.6 Å². The van der Waals surface area contributed by atoms with E-state index < -0.39 is 10.8 Å². The summed E-state index contributed by atoms with van der Waals surface area (Å²) in [5.41, 5.74) is 0.361. The Bertz CT molecular complexity index is 1400. The number of hydrogen-bond acceptors (Lipinski definition) is 9. The van der Waals surface area contributed by atoms with Gasteiger partial charge >= 0.3 is 5.88 Å². The monoisotopic (exact) mass is 531 g/mol. The molecule has 0 aliphatic heterocycles. The maximum atomic E-state index is 12.8. The second-order valence-electron chi connectivity index (χ2n) is 6.89. The number of nitrogens with zero attached hydrogens (tertiary/aromatic N) is 4. The molecule has 2 aromatic heterocycles. The van der Waals surface area contributed by atoms with E-state index in [1.807, 2.05) is 0 Å². The van der Waals surface area contributed by atoms with Crippen molar-refractivity contribution >= 4 is 51.5 Å². The second-order valence-corrected chi connectivity index (χ2v) is 8.77. The van der Waals surface area contributed by atoms with E-state index in [2.05, 4.69) is 10.2 Å². The van der Waals surface area contributed by atoms with Crippen LogP contribution in [0.25, 0.3) is 4.91 Å². The number of rotatable bonds is 9. The third kappa shape index (κ3) is 6.01. The molecule has 0 saturated heterocycles. The summed E-state index contributed by atoms with van der Waals surface area (Å²) >= 11 is 12.7. The number of ketones is 1. The Morgan fingerprint density at radius 1 is 1.09 bits per heavy atom. The molecule has 178 valence electrons. The molecule has 35 heavy (non-hydrogen) atoms. The summed E-state index contributed by atoms with van der Waals surface area (Å²) in [7, 11) is 0. The number of benzene rings is 2. The molecule has 4 rings (SSSR count). The maximum Gasteiger partial charge on any atom is 0.433 e. The number of hydrogen-bond donors (Lipinski definition) is 1. The third-order valence-corrected chi connectivity index (χ3v) is 6.03. The van der Waals surface area contributed by atoms with Crippen molar-refractivity contribution in [2.75, 3.05) is 5.84 Å². The molecular formula is C22H15Cl2N5O5S. The molecule has 0 aliphatic rings. The zero-order valence-corrected chi connectivity index (χ0v) is 20.0. The van der Waals surface area contributed by atoms with E-state index in [1.54, 1.807) is 48.5 Å². The number of thioether (sulfide) groups is 1. The second kappa shape index (κ2) is 10.6. The van der Waals surface area contributed by atoms with Crippen LogP contribution in [0.3, 0.4) is 0 Å². The van der Waals surface area contributed by atoms with Gasteiger partial charge in [-0.3, -0.25) is 14.9 Å². The van der Waals surface area contributed by atoms with Crippen LogP contribution in [0.2, 0.25) is 10.0 Å². The van der Waals surface area contributed by atoms with Crippen molar-refractivity contribution < 1.29 is 18.9 Å². The minimum absolute atomic E-state index is 0.0146. The molecule has 0 unspecified atom stereocenters. The van der Waals surface area contributed by atoms with Gasteiger partial charge in [-0.2, -0.15) is 0 Å². The van der Waals surface area contributed by atoms with Crippen LogP contribution in [0.15, 0.2) is 76.3 Å². The van der Waals surface area contributed by atoms with E-state index in [4.69, 9.17) is 38.2 Å². The van der Waals surface area contributed by atoms with Gasteiger partial charge in [0.1, 0.15) is 23.0 Å². The van der Waals surface area contributed by atoms with Crippen molar-refractivity contribution in [3.05, 3.63) is 104 Å². The Morgan fingerprint density at radius 3 is 2.37 bits per heavy atom. The number of aromatic nitrogens is 3. The number of allylic oxidation sites excluding steroid dienone is 1. The molecule has 0 fully saturated rings. The van der Waals surface area contributed by atoms with Crippen LogP contribution in [0.5, 0.6) is 5.75 Å². The van der Waals surface area contributed by atoms with Gasteiger partial charge in [0.15, 0.2) is 11.6 Å². The number of furan rings is 1. The van der Waals surface area contributed by atoms with Gasteiger partial charge in [0, 0.05) is 21.7 Å². The molecule has 0 aliphatic carbocycles. The standard InChI is InChI=1S/C22H15Cl2N5O5S/c23-14-3-1-13(2-4-14)17(30)11-19(18-9-10-21(34-18)29(31)32)35-22-27-26-20(28(22)25)12-33-16-7-5-15(24)6-8-16/h1-11H,12,25H2/b19-11+. The van der Waals surface area contributed by atoms with Crippen molar-refractivity contribution in [3.63, 3.8) is 0 Å². The van der Waals surface area contributed by atoms with Gasteiger partial charge in [-0.25, -0.2) is 4.68 Å². The van der Waals surface area contributed by atoms with Crippen molar-refractivity contribution in [1.82, 2.24) is 14.9 Å². The van der Waals surface area contributed by atoms with E-state index in [0.29, 0.717) is 27.2 Å². The van der Waals surface area contributed by atoms with E-state index in [0.717, 1.165) is 11.8 Å². The predicted octanol–water partition coefficient (Wildman–Crippen LogP) is 5.40. The highest BCUT2D eigenvalue weighted by atomic mass is 35.5. The molecule has 10 nitrogen and oxygen atoms in total. The summed E-state index contributed by atoms with van der Waals surface area (Å²) < 4.78 is 12.1. The van der Waals surface area contributed by atoms with Gasteiger partial charge in [0.25, 0.3) is 0 Å². The minimum atomic E-state index is -0.676. The minimum Gasteiger partial charge on any atom is -0.486 e. The first kappa shape index (κ1) is 24.3. The number of nitrogens with two attached hydrogens (primary N) is 1. The Kier molecular flexibility index (Phi) is 7.39. The van der Waals surface area contributed by atoms with Crippen LogP contribution < -0.4 is 10.6 Å². The Balaban J connectivity index is 1.59. The zero-order chi connectivity index (χ0) is 24.9. The Morgan fingerprint density at radius 2 is 1.74 bits per heavy atom. The molecular weight excluding hydrogens is 517 g/mol. The largest absolute Gasteiger partial charge is 0.486 e.